The minimum absolute atomic E-state index is 0.0206. The largest absolute Gasteiger partial charge is 0.417 e. The van der Waals surface area contributed by atoms with Crippen LogP contribution in [-0.4, -0.2) is 4.98 Å². The van der Waals surface area contributed by atoms with E-state index in [2.05, 4.69) is 4.98 Å². The van der Waals surface area contributed by atoms with Crippen molar-refractivity contribution in [3.05, 3.63) is 71.5 Å². The maximum absolute atomic E-state index is 13.4. The van der Waals surface area contributed by atoms with Gasteiger partial charge in [-0.1, -0.05) is 18.2 Å². The number of nitrogens with zero attached hydrogens (tertiary/aromatic N) is 2. The number of aromatic nitrogens is 1. The number of halogens is 4. The molecule has 7 heteroatoms. The number of hydrogen-bond acceptors (Lipinski definition) is 3. The third-order valence-electron chi connectivity index (χ3n) is 3.82. The number of pyridine rings is 1. The minimum atomic E-state index is -4.60. The van der Waals surface area contributed by atoms with Crippen molar-refractivity contribution in [2.45, 2.75) is 6.18 Å². The Kier molecular flexibility index (Phi) is 4.34. The number of nitrogen functional groups attached to an aromatic ring is 1. The fourth-order valence-electron chi connectivity index (χ4n) is 2.63. The lowest BCUT2D eigenvalue weighted by Gasteiger charge is -2.15. The van der Waals surface area contributed by atoms with Crippen LogP contribution >= 0.6 is 0 Å². The van der Waals surface area contributed by atoms with Crippen molar-refractivity contribution in [1.82, 2.24) is 4.98 Å². The number of nitrogens with two attached hydrogens (primary N) is 1. The second-order valence-electron chi connectivity index (χ2n) is 5.48. The Morgan fingerprint density at radius 1 is 0.962 bits per heavy atom. The molecule has 2 N–H and O–H groups in total. The van der Waals surface area contributed by atoms with Crippen molar-refractivity contribution in [1.29, 1.82) is 5.26 Å². The standard InChI is InChI=1S/C19H11F4N3/c20-12-7-5-11(6-8-12)17-9-14(15(10-24)18(25)26-17)13-3-1-2-4-16(13)19(21,22)23/h1-9H,(H2,25,26). The van der Waals surface area contributed by atoms with Crippen LogP contribution in [0.25, 0.3) is 22.4 Å². The molecular formula is C19H11F4N3. The maximum atomic E-state index is 13.4. The molecule has 0 fully saturated rings. The van der Waals surface area contributed by atoms with E-state index in [0.717, 1.165) is 6.07 Å². The lowest BCUT2D eigenvalue weighted by molar-refractivity contribution is -0.137. The molecule has 0 amide bonds. The second kappa shape index (κ2) is 6.48. The van der Waals surface area contributed by atoms with Gasteiger partial charge in [-0.3, -0.25) is 0 Å². The van der Waals surface area contributed by atoms with Gasteiger partial charge in [0, 0.05) is 11.1 Å². The number of hydrogen-bond donors (Lipinski definition) is 1. The second-order valence-corrected chi connectivity index (χ2v) is 5.48. The zero-order valence-electron chi connectivity index (χ0n) is 13.2. The Balaban J connectivity index is 2.28. The first-order valence-corrected chi connectivity index (χ1v) is 7.44. The number of rotatable bonds is 2. The van der Waals surface area contributed by atoms with Gasteiger partial charge in [0.25, 0.3) is 0 Å². The van der Waals surface area contributed by atoms with Gasteiger partial charge < -0.3 is 5.73 Å². The zero-order chi connectivity index (χ0) is 18.9. The number of benzene rings is 2. The molecule has 2 aromatic carbocycles. The van der Waals surface area contributed by atoms with Gasteiger partial charge in [0.05, 0.1) is 11.3 Å². The molecule has 0 aliphatic heterocycles. The molecule has 0 unspecified atom stereocenters. The summed E-state index contributed by atoms with van der Waals surface area (Å²) < 4.78 is 53.2. The molecular weight excluding hydrogens is 346 g/mol. The molecule has 1 aromatic heterocycles. The SMILES string of the molecule is N#Cc1c(-c2ccccc2C(F)(F)F)cc(-c2ccc(F)cc2)nc1N. The van der Waals surface area contributed by atoms with Crippen LogP contribution in [0.1, 0.15) is 11.1 Å². The van der Waals surface area contributed by atoms with Crippen molar-refractivity contribution in [2.75, 3.05) is 5.73 Å². The van der Waals surface area contributed by atoms with Crippen molar-refractivity contribution >= 4 is 5.82 Å². The Hall–Kier alpha value is -3.40. The lowest BCUT2D eigenvalue weighted by atomic mass is 9.94. The van der Waals surface area contributed by atoms with Gasteiger partial charge in [0.1, 0.15) is 23.3 Å². The van der Waals surface area contributed by atoms with Crippen LogP contribution in [-0.2, 0) is 6.18 Å². The van der Waals surface area contributed by atoms with Gasteiger partial charge in [-0.15, -0.1) is 0 Å². The normalized spacial score (nSPS) is 11.2. The van der Waals surface area contributed by atoms with Gasteiger partial charge in [-0.05, 0) is 42.0 Å². The van der Waals surface area contributed by atoms with E-state index in [9.17, 15) is 22.8 Å². The summed E-state index contributed by atoms with van der Waals surface area (Å²) in [7, 11) is 0. The average Bonchev–Trinajstić information content (AvgIpc) is 2.61. The Labute approximate surface area is 146 Å². The van der Waals surface area contributed by atoms with Gasteiger partial charge in [-0.2, -0.15) is 18.4 Å². The summed E-state index contributed by atoms with van der Waals surface area (Å²) in [5.74, 6) is -0.653. The highest BCUT2D eigenvalue weighted by molar-refractivity contribution is 5.81. The molecule has 0 atom stereocenters. The number of alkyl halides is 3. The van der Waals surface area contributed by atoms with Crippen molar-refractivity contribution in [3.63, 3.8) is 0 Å². The van der Waals surface area contributed by atoms with Crippen LogP contribution < -0.4 is 5.73 Å². The molecule has 0 saturated heterocycles. The van der Waals surface area contributed by atoms with E-state index in [1.54, 1.807) is 0 Å². The Bertz CT molecular complexity index is 1000. The quantitative estimate of drug-likeness (QED) is 0.655. The first-order chi connectivity index (χ1) is 12.3. The minimum Gasteiger partial charge on any atom is -0.383 e. The van der Waals surface area contributed by atoms with Gasteiger partial charge in [-0.25, -0.2) is 9.37 Å². The molecule has 26 heavy (non-hydrogen) atoms. The zero-order valence-corrected chi connectivity index (χ0v) is 13.2. The number of nitriles is 1. The molecule has 0 saturated carbocycles. The predicted octanol–water partition coefficient (Wildman–Crippen LogP) is 5.03. The topological polar surface area (TPSA) is 62.7 Å². The van der Waals surface area contributed by atoms with Crippen LogP contribution in [0.5, 0.6) is 0 Å². The molecule has 0 aliphatic carbocycles. The summed E-state index contributed by atoms with van der Waals surface area (Å²) in [4.78, 5) is 4.07. The van der Waals surface area contributed by atoms with Crippen LogP contribution in [0.3, 0.4) is 0 Å². The van der Waals surface area contributed by atoms with Crippen LogP contribution in [0.4, 0.5) is 23.4 Å². The van der Waals surface area contributed by atoms with Crippen molar-refractivity contribution in [2.24, 2.45) is 0 Å². The predicted molar refractivity (Wildman–Crippen MR) is 89.2 cm³/mol. The monoisotopic (exact) mass is 357 g/mol. The lowest BCUT2D eigenvalue weighted by Crippen LogP contribution is -2.08. The smallest absolute Gasteiger partial charge is 0.383 e. The first kappa shape index (κ1) is 17.4. The third-order valence-corrected chi connectivity index (χ3v) is 3.82. The highest BCUT2D eigenvalue weighted by Gasteiger charge is 2.34. The average molecular weight is 357 g/mol. The van der Waals surface area contributed by atoms with E-state index in [1.165, 1.54) is 48.5 Å². The summed E-state index contributed by atoms with van der Waals surface area (Å²) in [5, 5.41) is 9.35. The summed E-state index contributed by atoms with van der Waals surface area (Å²) in [6, 6.07) is 13.4. The molecule has 3 rings (SSSR count). The van der Waals surface area contributed by atoms with Crippen molar-refractivity contribution in [3.8, 4) is 28.5 Å². The molecule has 0 spiro atoms. The molecule has 0 radical (unpaired) electrons. The van der Waals surface area contributed by atoms with Crippen LogP contribution in [0.2, 0.25) is 0 Å². The van der Waals surface area contributed by atoms with E-state index >= 15 is 0 Å². The van der Waals surface area contributed by atoms with Gasteiger partial charge in [0.2, 0.25) is 0 Å². The third kappa shape index (κ3) is 3.22. The van der Waals surface area contributed by atoms with E-state index < -0.39 is 17.6 Å². The Morgan fingerprint density at radius 3 is 2.23 bits per heavy atom. The van der Waals surface area contributed by atoms with E-state index in [0.29, 0.717) is 5.56 Å². The van der Waals surface area contributed by atoms with Crippen LogP contribution in [0, 0.1) is 17.1 Å². The fraction of sp³-hybridized carbons (Fsp3) is 0.0526. The first-order valence-electron chi connectivity index (χ1n) is 7.44. The summed E-state index contributed by atoms with van der Waals surface area (Å²) >= 11 is 0. The van der Waals surface area contributed by atoms with Gasteiger partial charge in [0.15, 0.2) is 0 Å². The molecule has 3 nitrogen and oxygen atoms in total. The van der Waals surface area contributed by atoms with Crippen molar-refractivity contribution < 1.29 is 17.6 Å². The van der Waals surface area contributed by atoms with E-state index in [4.69, 9.17) is 5.73 Å². The summed E-state index contributed by atoms with van der Waals surface area (Å²) in [5.41, 5.74) is 5.34. The fourth-order valence-corrected chi connectivity index (χ4v) is 2.63. The molecule has 0 bridgehead atoms. The van der Waals surface area contributed by atoms with E-state index in [1.807, 2.05) is 6.07 Å². The maximum Gasteiger partial charge on any atom is 0.417 e. The van der Waals surface area contributed by atoms with E-state index in [-0.39, 0.29) is 28.2 Å². The Morgan fingerprint density at radius 2 is 1.62 bits per heavy atom. The highest BCUT2D eigenvalue weighted by atomic mass is 19.4. The molecule has 3 aromatic rings. The summed E-state index contributed by atoms with van der Waals surface area (Å²) in [6.45, 7) is 0. The summed E-state index contributed by atoms with van der Waals surface area (Å²) in [6.07, 6.45) is -4.60. The van der Waals surface area contributed by atoms with Crippen LogP contribution in [0.15, 0.2) is 54.6 Å². The number of anilines is 1. The molecule has 130 valence electrons. The van der Waals surface area contributed by atoms with Gasteiger partial charge >= 0.3 is 6.18 Å². The highest BCUT2D eigenvalue weighted by Crippen LogP contribution is 2.40. The molecule has 1 heterocycles. The molecule has 0 aliphatic rings.